The molecule has 0 bridgehead atoms. The van der Waals surface area contributed by atoms with Gasteiger partial charge in [0.1, 0.15) is 11.9 Å². The fourth-order valence-corrected chi connectivity index (χ4v) is 4.20. The van der Waals surface area contributed by atoms with Crippen LogP contribution >= 0.6 is 23.2 Å². The van der Waals surface area contributed by atoms with Crippen LogP contribution in [0, 0.1) is 5.82 Å². The van der Waals surface area contributed by atoms with Gasteiger partial charge in [0.15, 0.2) is 0 Å². The van der Waals surface area contributed by atoms with Crippen molar-refractivity contribution in [2.45, 2.75) is 17.4 Å². The van der Waals surface area contributed by atoms with E-state index in [1.54, 1.807) is 30.3 Å². The quantitative estimate of drug-likeness (QED) is 0.531. The molecule has 0 aliphatic carbocycles. The average molecular weight is 467 g/mol. The summed E-state index contributed by atoms with van der Waals surface area (Å²) in [4.78, 5) is 12.8. The molecule has 2 N–H and O–H groups in total. The van der Waals surface area contributed by atoms with E-state index in [1.807, 2.05) is 6.07 Å². The largest absolute Gasteiger partial charge is 0.325 e. The highest BCUT2D eigenvalue weighted by molar-refractivity contribution is 7.89. The average Bonchev–Trinajstić information content (AvgIpc) is 2.71. The van der Waals surface area contributed by atoms with Crippen LogP contribution in [0.4, 0.5) is 10.1 Å². The highest BCUT2D eigenvalue weighted by Gasteiger charge is 2.26. The molecule has 0 unspecified atom stereocenters. The van der Waals surface area contributed by atoms with Crippen molar-refractivity contribution < 1.29 is 17.6 Å². The zero-order valence-electron chi connectivity index (χ0n) is 15.5. The van der Waals surface area contributed by atoms with Crippen LogP contribution in [0.1, 0.15) is 5.56 Å². The van der Waals surface area contributed by atoms with E-state index >= 15 is 0 Å². The fourth-order valence-electron chi connectivity index (χ4n) is 2.71. The van der Waals surface area contributed by atoms with Crippen LogP contribution < -0.4 is 10.0 Å². The van der Waals surface area contributed by atoms with E-state index in [0.717, 1.165) is 29.8 Å². The molecule has 3 aromatic carbocycles. The van der Waals surface area contributed by atoms with Gasteiger partial charge in [0.25, 0.3) is 0 Å². The normalized spacial score (nSPS) is 12.4. The van der Waals surface area contributed by atoms with E-state index in [-0.39, 0.29) is 16.3 Å². The van der Waals surface area contributed by atoms with Gasteiger partial charge in [0.2, 0.25) is 15.9 Å². The Morgan fingerprint density at radius 2 is 1.60 bits per heavy atom. The monoisotopic (exact) mass is 466 g/mol. The number of sulfonamides is 1. The van der Waals surface area contributed by atoms with Gasteiger partial charge in [-0.15, -0.1) is 0 Å². The maximum atomic E-state index is 13.2. The molecule has 156 valence electrons. The van der Waals surface area contributed by atoms with Crippen molar-refractivity contribution in [2.75, 3.05) is 5.32 Å². The molecule has 0 spiro atoms. The number of rotatable bonds is 7. The van der Waals surface area contributed by atoms with E-state index < -0.39 is 27.8 Å². The zero-order valence-corrected chi connectivity index (χ0v) is 17.8. The molecule has 30 heavy (non-hydrogen) atoms. The standard InChI is InChI=1S/C21H17Cl2FN2O3S/c22-18-11-8-16(13-19(18)23)25-21(27)20(12-14-4-2-1-3-5-14)26-30(28,29)17-9-6-15(24)7-10-17/h1-11,13,20,26H,12H2,(H,25,27)/t20-/m1/s1. The minimum Gasteiger partial charge on any atom is -0.325 e. The number of hydrogen-bond acceptors (Lipinski definition) is 3. The van der Waals surface area contributed by atoms with Gasteiger partial charge in [-0.25, -0.2) is 12.8 Å². The van der Waals surface area contributed by atoms with Gasteiger partial charge >= 0.3 is 0 Å². The highest BCUT2D eigenvalue weighted by atomic mass is 35.5. The van der Waals surface area contributed by atoms with Crippen molar-refractivity contribution in [3.8, 4) is 0 Å². The number of carbonyl (C=O) groups is 1. The highest BCUT2D eigenvalue weighted by Crippen LogP contribution is 2.25. The minimum atomic E-state index is -4.07. The third kappa shape index (κ3) is 5.79. The van der Waals surface area contributed by atoms with Gasteiger partial charge in [-0.05, 0) is 54.4 Å². The first-order chi connectivity index (χ1) is 14.2. The van der Waals surface area contributed by atoms with Gasteiger partial charge < -0.3 is 5.32 Å². The second-order valence-corrected chi connectivity index (χ2v) is 8.96. The number of hydrogen-bond donors (Lipinski definition) is 2. The molecule has 3 rings (SSSR count). The van der Waals surface area contributed by atoms with Crippen molar-refractivity contribution in [1.82, 2.24) is 4.72 Å². The van der Waals surface area contributed by atoms with Crippen molar-refractivity contribution in [3.05, 3.63) is 94.2 Å². The first-order valence-corrected chi connectivity index (χ1v) is 11.1. The topological polar surface area (TPSA) is 75.3 Å². The third-order valence-electron chi connectivity index (χ3n) is 4.21. The van der Waals surface area contributed by atoms with Gasteiger partial charge in [-0.1, -0.05) is 53.5 Å². The molecule has 9 heteroatoms. The van der Waals surface area contributed by atoms with Crippen LogP contribution in [0.25, 0.3) is 0 Å². The smallest absolute Gasteiger partial charge is 0.242 e. The maximum absolute atomic E-state index is 13.2. The molecule has 0 saturated heterocycles. The summed E-state index contributed by atoms with van der Waals surface area (Å²) in [6.45, 7) is 0. The molecule has 1 atom stereocenters. The molecule has 3 aromatic rings. The third-order valence-corrected chi connectivity index (χ3v) is 6.43. The molecule has 0 aliphatic rings. The second kappa shape index (κ2) is 9.57. The van der Waals surface area contributed by atoms with Gasteiger partial charge in [0, 0.05) is 5.69 Å². The van der Waals surface area contributed by atoms with Crippen molar-refractivity contribution in [1.29, 1.82) is 0 Å². The number of carbonyl (C=O) groups excluding carboxylic acids is 1. The molecule has 1 amide bonds. The Morgan fingerprint density at radius 1 is 0.933 bits per heavy atom. The summed E-state index contributed by atoms with van der Waals surface area (Å²) in [5, 5.41) is 3.22. The van der Waals surface area contributed by atoms with Crippen molar-refractivity contribution in [2.24, 2.45) is 0 Å². The molecule has 5 nitrogen and oxygen atoms in total. The Bertz CT molecular complexity index is 1140. The summed E-state index contributed by atoms with van der Waals surface area (Å²) in [5.74, 6) is -1.14. The van der Waals surface area contributed by atoms with Crippen molar-refractivity contribution >= 4 is 44.8 Å². The Hall–Kier alpha value is -2.45. The van der Waals surface area contributed by atoms with E-state index in [0.29, 0.717) is 10.7 Å². The Morgan fingerprint density at radius 3 is 2.23 bits per heavy atom. The van der Waals surface area contributed by atoms with Crippen LogP contribution in [0.5, 0.6) is 0 Å². The number of amides is 1. The summed E-state index contributed by atoms with van der Waals surface area (Å²) in [7, 11) is -4.07. The first-order valence-electron chi connectivity index (χ1n) is 8.82. The lowest BCUT2D eigenvalue weighted by molar-refractivity contribution is -0.117. The van der Waals surface area contributed by atoms with Crippen molar-refractivity contribution in [3.63, 3.8) is 0 Å². The summed E-state index contributed by atoms with van der Waals surface area (Å²) < 4.78 is 41.1. The summed E-state index contributed by atoms with van der Waals surface area (Å²) >= 11 is 11.9. The first kappa shape index (κ1) is 22.2. The summed E-state index contributed by atoms with van der Waals surface area (Å²) in [6.07, 6.45) is 0.106. The lowest BCUT2D eigenvalue weighted by Crippen LogP contribution is -2.45. The lowest BCUT2D eigenvalue weighted by atomic mass is 10.1. The molecule has 0 heterocycles. The fraction of sp³-hybridized carbons (Fsp3) is 0.0952. The molecule has 0 saturated carbocycles. The number of anilines is 1. The lowest BCUT2D eigenvalue weighted by Gasteiger charge is -2.19. The Labute approximate surface area is 183 Å². The minimum absolute atomic E-state index is 0.106. The Kier molecular flexibility index (Phi) is 7.10. The molecule has 0 radical (unpaired) electrons. The zero-order chi connectivity index (χ0) is 21.7. The van der Waals surface area contributed by atoms with Gasteiger partial charge in [-0.2, -0.15) is 4.72 Å². The van der Waals surface area contributed by atoms with Gasteiger partial charge in [-0.3, -0.25) is 4.79 Å². The number of nitrogens with one attached hydrogen (secondary N) is 2. The van der Waals surface area contributed by atoms with Crippen LogP contribution in [0.2, 0.25) is 10.0 Å². The number of benzene rings is 3. The predicted octanol–water partition coefficient (Wildman–Crippen LogP) is 4.66. The molecular formula is C21H17Cl2FN2O3S. The number of halogens is 3. The van der Waals surface area contributed by atoms with Gasteiger partial charge in [0.05, 0.1) is 14.9 Å². The maximum Gasteiger partial charge on any atom is 0.242 e. The summed E-state index contributed by atoms with van der Waals surface area (Å²) in [6, 6.07) is 16.7. The Balaban J connectivity index is 1.86. The summed E-state index contributed by atoms with van der Waals surface area (Å²) in [5.41, 5.74) is 1.13. The van der Waals surface area contributed by atoms with E-state index in [9.17, 15) is 17.6 Å². The van der Waals surface area contributed by atoms with E-state index in [1.165, 1.54) is 12.1 Å². The molecule has 0 aromatic heterocycles. The van der Waals surface area contributed by atoms with E-state index in [4.69, 9.17) is 23.2 Å². The predicted molar refractivity (Wildman–Crippen MR) is 116 cm³/mol. The van der Waals surface area contributed by atoms with Crippen LogP contribution in [0.3, 0.4) is 0 Å². The molecule has 0 aliphatic heterocycles. The van der Waals surface area contributed by atoms with Crippen LogP contribution in [-0.2, 0) is 21.2 Å². The SMILES string of the molecule is O=C(Nc1ccc(Cl)c(Cl)c1)[C@@H](Cc1ccccc1)NS(=O)(=O)c1ccc(F)cc1. The van der Waals surface area contributed by atoms with Crippen LogP contribution in [-0.4, -0.2) is 20.4 Å². The second-order valence-electron chi connectivity index (χ2n) is 6.44. The molecule has 0 fully saturated rings. The van der Waals surface area contributed by atoms with E-state index in [2.05, 4.69) is 10.0 Å². The molecular weight excluding hydrogens is 450 g/mol. The van der Waals surface area contributed by atoms with Crippen LogP contribution in [0.15, 0.2) is 77.7 Å².